The Kier molecular flexibility index (Phi) is 7.45. The molecule has 6 nitrogen and oxygen atoms in total. The van der Waals surface area contributed by atoms with Crippen molar-refractivity contribution in [3.05, 3.63) is 63.4 Å². The van der Waals surface area contributed by atoms with Gasteiger partial charge < -0.3 is 15.9 Å². The van der Waals surface area contributed by atoms with Gasteiger partial charge in [-0.3, -0.25) is 10.1 Å². The maximum Gasteiger partial charge on any atom is 0.151 e. The fourth-order valence-corrected chi connectivity index (χ4v) is 5.28. The van der Waals surface area contributed by atoms with E-state index in [0.717, 1.165) is 62.2 Å². The highest BCUT2D eigenvalue weighted by Gasteiger charge is 2.26. The van der Waals surface area contributed by atoms with E-state index in [9.17, 15) is 10.2 Å². The molecular formula is C24H26Br2N4O2. The number of hydrogen-bond donors (Lipinski definition) is 4. The monoisotopic (exact) mass is 560 g/mol. The number of benzene rings is 2. The lowest BCUT2D eigenvalue weighted by molar-refractivity contribution is -0.0592. The summed E-state index contributed by atoms with van der Waals surface area (Å²) in [6.07, 6.45) is 6.49. The van der Waals surface area contributed by atoms with Gasteiger partial charge in [0.1, 0.15) is 5.82 Å². The SMILES string of the molecule is Nc1[nH]ncc(-c2ccc3cc(Br)ccc3c2)cnc(C2CCC(CC(O)O)CC2)c1Br. The van der Waals surface area contributed by atoms with Gasteiger partial charge in [0.25, 0.3) is 0 Å². The lowest BCUT2D eigenvalue weighted by atomic mass is 9.79. The summed E-state index contributed by atoms with van der Waals surface area (Å²) in [4.78, 5) is 4.87. The van der Waals surface area contributed by atoms with Gasteiger partial charge in [0.2, 0.25) is 0 Å². The van der Waals surface area contributed by atoms with Gasteiger partial charge in [-0.15, -0.1) is 0 Å². The van der Waals surface area contributed by atoms with Crippen LogP contribution >= 0.6 is 31.9 Å². The van der Waals surface area contributed by atoms with Crippen molar-refractivity contribution in [3.8, 4) is 11.1 Å². The first-order valence-electron chi connectivity index (χ1n) is 10.7. The molecule has 1 fully saturated rings. The highest BCUT2D eigenvalue weighted by Crippen LogP contribution is 2.39. The summed E-state index contributed by atoms with van der Waals surface area (Å²) >= 11 is 7.14. The average molecular weight is 562 g/mol. The molecule has 0 aliphatic heterocycles. The summed E-state index contributed by atoms with van der Waals surface area (Å²) in [7, 11) is 0. The van der Waals surface area contributed by atoms with Gasteiger partial charge in [0.15, 0.2) is 6.29 Å². The first-order valence-corrected chi connectivity index (χ1v) is 12.3. The zero-order valence-electron chi connectivity index (χ0n) is 17.5. The van der Waals surface area contributed by atoms with Crippen LogP contribution in [0.3, 0.4) is 0 Å². The van der Waals surface area contributed by atoms with E-state index in [2.05, 4.69) is 72.4 Å². The Morgan fingerprint density at radius 3 is 2.44 bits per heavy atom. The number of aliphatic hydroxyl groups is 2. The number of nitrogens with one attached hydrogen (secondary N) is 1. The van der Waals surface area contributed by atoms with Crippen molar-refractivity contribution in [3.63, 3.8) is 0 Å². The van der Waals surface area contributed by atoms with Crippen LogP contribution in [0.15, 0.2) is 57.7 Å². The van der Waals surface area contributed by atoms with Gasteiger partial charge in [-0.05, 0) is 82.1 Å². The number of nitrogen functional groups attached to an aromatic ring is 1. The van der Waals surface area contributed by atoms with Crippen LogP contribution in [0.2, 0.25) is 0 Å². The summed E-state index contributed by atoms with van der Waals surface area (Å²) in [5.41, 5.74) is 9.01. The maximum atomic E-state index is 9.28. The Morgan fingerprint density at radius 2 is 1.69 bits per heavy atom. The van der Waals surface area contributed by atoms with E-state index in [0.29, 0.717) is 18.2 Å². The maximum absolute atomic E-state index is 9.28. The highest BCUT2D eigenvalue weighted by atomic mass is 79.9. The molecule has 4 rings (SSSR count). The second kappa shape index (κ2) is 10.3. The minimum absolute atomic E-state index is 0.237. The standard InChI is InChI=1S/C24H26Br2N4O2/c25-20-8-7-16-10-17(5-6-18(16)11-20)19-12-28-23(22(26)24(27)30-29-13-19)15-3-1-14(2-4-15)9-21(31)32/h5-8,10-15,21,30-32H,1-4,9,27H2. The van der Waals surface area contributed by atoms with Crippen molar-refractivity contribution in [2.45, 2.75) is 44.3 Å². The van der Waals surface area contributed by atoms with Crippen LogP contribution in [0, 0.1) is 5.92 Å². The quantitative estimate of drug-likeness (QED) is 0.300. The number of halogens is 2. The minimum atomic E-state index is -1.24. The van der Waals surface area contributed by atoms with E-state index in [4.69, 9.17) is 10.7 Å². The number of nitrogens with zero attached hydrogens (tertiary/aromatic N) is 2. The molecule has 0 saturated heterocycles. The van der Waals surface area contributed by atoms with Gasteiger partial charge >= 0.3 is 0 Å². The number of aliphatic hydroxyl groups excluding tert-OH is 1. The number of H-pyrrole nitrogens is 1. The zero-order chi connectivity index (χ0) is 22.7. The first-order chi connectivity index (χ1) is 15.4. The molecule has 1 aromatic heterocycles. The molecule has 0 amide bonds. The smallest absolute Gasteiger partial charge is 0.151 e. The molecule has 1 saturated carbocycles. The predicted molar refractivity (Wildman–Crippen MR) is 134 cm³/mol. The van der Waals surface area contributed by atoms with Crippen LogP contribution in [0.1, 0.15) is 43.7 Å². The van der Waals surface area contributed by atoms with Crippen LogP contribution in [-0.2, 0) is 0 Å². The third kappa shape index (κ3) is 5.49. The number of fused-ring (bicyclic) bond motifs is 1. The average Bonchev–Trinajstić information content (AvgIpc) is 2.84. The molecule has 0 unspecified atom stereocenters. The van der Waals surface area contributed by atoms with E-state index < -0.39 is 6.29 Å². The van der Waals surface area contributed by atoms with E-state index in [1.165, 1.54) is 0 Å². The van der Waals surface area contributed by atoms with Crippen LogP contribution in [0.25, 0.3) is 21.9 Å². The third-order valence-corrected chi connectivity index (χ3v) is 7.43. The molecule has 168 valence electrons. The highest BCUT2D eigenvalue weighted by molar-refractivity contribution is 9.11. The number of hydrogen-bond acceptors (Lipinski definition) is 5. The molecule has 1 aliphatic carbocycles. The predicted octanol–water partition coefficient (Wildman–Crippen LogP) is 5.83. The topological polar surface area (TPSA) is 108 Å². The van der Waals surface area contributed by atoms with Crippen LogP contribution < -0.4 is 5.73 Å². The van der Waals surface area contributed by atoms with Crippen molar-refractivity contribution < 1.29 is 10.2 Å². The summed E-state index contributed by atoms with van der Waals surface area (Å²) in [5, 5.41) is 28.1. The minimum Gasteiger partial charge on any atom is -0.383 e. The summed E-state index contributed by atoms with van der Waals surface area (Å²) in [5.74, 6) is 0.987. The molecule has 5 N–H and O–H groups in total. The molecule has 0 bridgehead atoms. The van der Waals surface area contributed by atoms with E-state index >= 15 is 0 Å². The lowest BCUT2D eigenvalue weighted by Crippen LogP contribution is -2.19. The third-order valence-electron chi connectivity index (χ3n) is 6.11. The molecule has 1 heterocycles. The van der Waals surface area contributed by atoms with Crippen molar-refractivity contribution >= 4 is 48.5 Å². The molecule has 32 heavy (non-hydrogen) atoms. The van der Waals surface area contributed by atoms with Gasteiger partial charge in [0.05, 0.1) is 16.4 Å². The molecule has 1 aliphatic rings. The number of aromatic nitrogens is 3. The largest absolute Gasteiger partial charge is 0.383 e. The van der Waals surface area contributed by atoms with E-state index in [1.54, 1.807) is 6.20 Å². The Labute approximate surface area is 203 Å². The van der Waals surface area contributed by atoms with E-state index in [-0.39, 0.29) is 5.92 Å². The molecular weight excluding hydrogens is 536 g/mol. The Balaban J connectivity index is 1.69. The van der Waals surface area contributed by atoms with Gasteiger partial charge in [-0.25, -0.2) is 0 Å². The van der Waals surface area contributed by atoms with Gasteiger partial charge in [0, 0.05) is 28.6 Å². The normalized spacial score (nSPS) is 18.7. The van der Waals surface area contributed by atoms with Crippen molar-refractivity contribution in [2.75, 3.05) is 5.73 Å². The van der Waals surface area contributed by atoms with Gasteiger partial charge in [-0.1, -0.05) is 34.1 Å². The Morgan fingerprint density at radius 1 is 0.969 bits per heavy atom. The number of rotatable bonds is 4. The van der Waals surface area contributed by atoms with Crippen LogP contribution in [0.4, 0.5) is 5.82 Å². The Hall–Kier alpha value is -2.00. The lowest BCUT2D eigenvalue weighted by Gasteiger charge is -2.28. The second-order valence-electron chi connectivity index (χ2n) is 8.34. The van der Waals surface area contributed by atoms with E-state index in [1.807, 2.05) is 12.3 Å². The summed E-state index contributed by atoms with van der Waals surface area (Å²) < 4.78 is 1.77. The molecule has 0 atom stereocenters. The number of aromatic amines is 1. The van der Waals surface area contributed by atoms with Crippen molar-refractivity contribution in [1.82, 2.24) is 15.2 Å². The molecule has 2 aromatic carbocycles. The summed E-state index contributed by atoms with van der Waals surface area (Å²) in [6, 6.07) is 12.5. The molecule has 0 spiro atoms. The number of anilines is 1. The summed E-state index contributed by atoms with van der Waals surface area (Å²) in [6.45, 7) is 0. The van der Waals surface area contributed by atoms with Crippen LogP contribution in [-0.4, -0.2) is 31.7 Å². The van der Waals surface area contributed by atoms with Gasteiger partial charge in [-0.2, -0.15) is 5.10 Å². The molecule has 8 heteroatoms. The zero-order valence-corrected chi connectivity index (χ0v) is 20.7. The first kappa shape index (κ1) is 23.2. The molecule has 3 aromatic rings. The Bertz CT molecular complexity index is 1160. The fourth-order valence-electron chi connectivity index (χ4n) is 4.39. The fraction of sp³-hybridized carbons (Fsp3) is 0.333. The molecule has 0 radical (unpaired) electrons. The second-order valence-corrected chi connectivity index (χ2v) is 10.0. The van der Waals surface area contributed by atoms with Crippen LogP contribution in [0.5, 0.6) is 0 Å². The van der Waals surface area contributed by atoms with Crippen molar-refractivity contribution in [1.29, 1.82) is 0 Å². The van der Waals surface area contributed by atoms with Crippen molar-refractivity contribution in [2.24, 2.45) is 5.92 Å². The number of nitrogens with two attached hydrogens (primary N) is 1.